The van der Waals surface area contributed by atoms with E-state index in [0.29, 0.717) is 17.1 Å². The Hall–Kier alpha value is -3.55. The summed E-state index contributed by atoms with van der Waals surface area (Å²) < 4.78 is 45.0. The molecule has 156 valence electrons. The minimum atomic E-state index is -4.95. The number of nitrogens with zero attached hydrogens (tertiary/aromatic N) is 1. The van der Waals surface area contributed by atoms with Crippen LogP contribution in [0.4, 0.5) is 13.2 Å². The van der Waals surface area contributed by atoms with E-state index in [4.69, 9.17) is 9.84 Å². The van der Waals surface area contributed by atoms with Crippen LogP contribution >= 0.6 is 0 Å². The zero-order chi connectivity index (χ0) is 21.9. The first-order valence-corrected chi connectivity index (χ1v) is 8.99. The number of alkyl halides is 3. The number of aromatic nitrogens is 1. The van der Waals surface area contributed by atoms with Crippen molar-refractivity contribution in [2.24, 2.45) is 0 Å². The van der Waals surface area contributed by atoms with E-state index in [1.165, 1.54) is 12.1 Å². The quantitative estimate of drug-likeness (QED) is 0.555. The average Bonchev–Trinajstić information content (AvgIpc) is 3.15. The molecule has 0 aliphatic carbocycles. The molecule has 0 aliphatic heterocycles. The van der Waals surface area contributed by atoms with E-state index in [1.54, 1.807) is 29.9 Å². The molecule has 30 heavy (non-hydrogen) atoms. The molecule has 0 radical (unpaired) electrons. The van der Waals surface area contributed by atoms with E-state index in [9.17, 15) is 22.8 Å². The molecule has 0 atom stereocenters. The van der Waals surface area contributed by atoms with Crippen molar-refractivity contribution in [2.75, 3.05) is 7.11 Å². The number of methoxy groups -OCH3 is 1. The largest absolute Gasteiger partial charge is 0.497 e. The lowest BCUT2D eigenvalue weighted by molar-refractivity contribution is -0.137. The highest BCUT2D eigenvalue weighted by atomic mass is 19.4. The monoisotopic (exact) mass is 417 g/mol. The van der Waals surface area contributed by atoms with E-state index in [0.717, 1.165) is 23.4 Å². The number of carbonyl (C=O) groups excluding carboxylic acids is 1. The lowest BCUT2D eigenvalue weighted by Crippen LogP contribution is -2.22. The maximum absolute atomic E-state index is 12.7. The maximum atomic E-state index is 12.7. The van der Waals surface area contributed by atoms with Gasteiger partial charge in [0.05, 0.1) is 19.2 Å². The molecule has 1 aromatic heterocycles. The second-order valence-electron chi connectivity index (χ2n) is 6.54. The van der Waals surface area contributed by atoms with E-state index >= 15 is 0 Å². The normalized spacial score (nSPS) is 11.3. The van der Waals surface area contributed by atoms with Gasteiger partial charge in [0.15, 0.2) is 0 Å². The predicted octanol–water partition coefficient (Wildman–Crippen LogP) is 4.92. The van der Waals surface area contributed by atoms with Crippen LogP contribution in [0.2, 0.25) is 0 Å². The van der Waals surface area contributed by atoms with Crippen molar-refractivity contribution in [3.63, 3.8) is 0 Å². The molecule has 5 nitrogen and oxygen atoms in total. The zero-order valence-electron chi connectivity index (χ0n) is 15.9. The second kappa shape index (κ2) is 8.44. The second-order valence-corrected chi connectivity index (χ2v) is 6.54. The van der Waals surface area contributed by atoms with Crippen molar-refractivity contribution in [1.82, 2.24) is 4.57 Å². The van der Waals surface area contributed by atoms with Crippen molar-refractivity contribution < 1.29 is 32.6 Å². The van der Waals surface area contributed by atoms with Gasteiger partial charge >= 0.3 is 12.1 Å². The number of hydrogen-bond donors (Lipinski definition) is 1. The van der Waals surface area contributed by atoms with Gasteiger partial charge < -0.3 is 14.4 Å². The van der Waals surface area contributed by atoms with Crippen molar-refractivity contribution in [3.05, 3.63) is 71.9 Å². The summed E-state index contributed by atoms with van der Waals surface area (Å²) >= 11 is 0. The fraction of sp³-hybridized carbons (Fsp3) is 0.182. The molecule has 1 heterocycles. The molecular formula is C22H18F3NO4. The summed E-state index contributed by atoms with van der Waals surface area (Å²) in [5.41, 5.74) is 2.28. The number of aliphatic carboxylic acids is 1. The maximum Gasteiger partial charge on any atom is 0.454 e. The number of halogens is 3. The summed E-state index contributed by atoms with van der Waals surface area (Å²) in [5, 5.41) is 9.02. The molecule has 1 N–H and O–H groups in total. The molecular weight excluding hydrogens is 399 g/mol. The van der Waals surface area contributed by atoms with Crippen molar-refractivity contribution in [3.8, 4) is 22.7 Å². The van der Waals surface area contributed by atoms with Gasteiger partial charge in [0.2, 0.25) is 0 Å². The lowest BCUT2D eigenvalue weighted by atomic mass is 10.1. The van der Waals surface area contributed by atoms with Crippen LogP contribution in [0.25, 0.3) is 16.9 Å². The Morgan fingerprint density at radius 1 is 0.967 bits per heavy atom. The van der Waals surface area contributed by atoms with Crippen LogP contribution in [0.5, 0.6) is 5.75 Å². The summed E-state index contributed by atoms with van der Waals surface area (Å²) in [4.78, 5) is 22.5. The number of carbonyl (C=O) groups is 2. The number of benzene rings is 2. The van der Waals surface area contributed by atoms with E-state index < -0.39 is 23.5 Å². The summed E-state index contributed by atoms with van der Waals surface area (Å²) in [7, 11) is 1.55. The average molecular weight is 417 g/mol. The fourth-order valence-electron chi connectivity index (χ4n) is 3.13. The summed E-state index contributed by atoms with van der Waals surface area (Å²) in [6.45, 7) is 0. The number of aryl methyl sites for hydroxylation is 1. The molecule has 3 rings (SSSR count). The first-order chi connectivity index (χ1) is 14.2. The third-order valence-corrected chi connectivity index (χ3v) is 4.59. The fourth-order valence-corrected chi connectivity index (χ4v) is 3.13. The van der Waals surface area contributed by atoms with Gasteiger partial charge in [-0.1, -0.05) is 0 Å². The topological polar surface area (TPSA) is 68.5 Å². The summed E-state index contributed by atoms with van der Waals surface area (Å²) in [5.74, 6) is -2.21. The van der Waals surface area contributed by atoms with Crippen LogP contribution in [-0.4, -0.2) is 34.7 Å². The third kappa shape index (κ3) is 4.53. The molecule has 8 heteroatoms. The molecule has 0 unspecified atom stereocenters. The number of ether oxygens (including phenoxy) is 1. The molecule has 0 spiro atoms. The Kier molecular flexibility index (Phi) is 5.96. The highest BCUT2D eigenvalue weighted by Crippen LogP contribution is 2.30. The Bertz CT molecular complexity index is 1050. The van der Waals surface area contributed by atoms with Crippen LogP contribution in [0.1, 0.15) is 22.5 Å². The van der Waals surface area contributed by atoms with Gasteiger partial charge in [0, 0.05) is 16.9 Å². The zero-order valence-corrected chi connectivity index (χ0v) is 15.9. The Labute approximate surface area is 170 Å². The van der Waals surface area contributed by atoms with E-state index in [-0.39, 0.29) is 12.8 Å². The minimum Gasteiger partial charge on any atom is -0.497 e. The molecule has 0 saturated carbocycles. The number of carboxylic acids is 1. The van der Waals surface area contributed by atoms with Gasteiger partial charge in [0.25, 0.3) is 5.78 Å². The number of carboxylic acid groups (broad SMARTS) is 1. The number of hydrogen-bond acceptors (Lipinski definition) is 3. The van der Waals surface area contributed by atoms with E-state index in [1.807, 2.05) is 18.2 Å². The van der Waals surface area contributed by atoms with Gasteiger partial charge in [-0.05, 0) is 72.6 Å². The van der Waals surface area contributed by atoms with Crippen molar-refractivity contribution in [2.45, 2.75) is 19.0 Å². The first-order valence-electron chi connectivity index (χ1n) is 8.99. The molecule has 2 aromatic carbocycles. The molecule has 0 fully saturated rings. The highest BCUT2D eigenvalue weighted by molar-refractivity contribution is 6.00. The van der Waals surface area contributed by atoms with Crippen LogP contribution < -0.4 is 4.74 Å². The highest BCUT2D eigenvalue weighted by Gasteiger charge is 2.39. The SMILES string of the molecule is COc1ccc(-c2ccc(CCC(=O)O)n2-c2ccc(C(=O)C(F)(F)F)cc2)cc1. The predicted molar refractivity (Wildman–Crippen MR) is 104 cm³/mol. The van der Waals surface area contributed by atoms with Crippen LogP contribution in [0.3, 0.4) is 0 Å². The number of Topliss-reactive ketones (excluding diaryl/α,β-unsaturated/α-hetero) is 1. The molecule has 0 aliphatic rings. The third-order valence-electron chi connectivity index (χ3n) is 4.59. The molecule has 3 aromatic rings. The Morgan fingerprint density at radius 3 is 2.13 bits per heavy atom. The van der Waals surface area contributed by atoms with Crippen molar-refractivity contribution in [1.29, 1.82) is 0 Å². The summed E-state index contributed by atoms with van der Waals surface area (Å²) in [6, 6.07) is 15.8. The Morgan fingerprint density at radius 2 is 1.60 bits per heavy atom. The lowest BCUT2D eigenvalue weighted by Gasteiger charge is -2.15. The van der Waals surface area contributed by atoms with Gasteiger partial charge in [0.1, 0.15) is 5.75 Å². The molecule has 0 bridgehead atoms. The smallest absolute Gasteiger partial charge is 0.454 e. The van der Waals surface area contributed by atoms with Crippen molar-refractivity contribution >= 4 is 11.8 Å². The van der Waals surface area contributed by atoms with E-state index in [2.05, 4.69) is 0 Å². The minimum absolute atomic E-state index is 0.100. The molecule has 0 saturated heterocycles. The van der Waals surface area contributed by atoms with Gasteiger partial charge in [-0.15, -0.1) is 0 Å². The number of ketones is 1. The van der Waals surface area contributed by atoms with Crippen LogP contribution in [-0.2, 0) is 11.2 Å². The van der Waals surface area contributed by atoms with Gasteiger partial charge in [-0.2, -0.15) is 13.2 Å². The van der Waals surface area contributed by atoms with Crippen LogP contribution in [0, 0.1) is 0 Å². The Balaban J connectivity index is 2.05. The summed E-state index contributed by atoms with van der Waals surface area (Å²) in [6.07, 6.45) is -4.82. The standard InChI is InChI=1S/C22H18F3NO4/c1-30-18-10-4-14(5-11-18)19-12-8-17(9-13-20(27)28)26(19)16-6-2-15(3-7-16)21(29)22(23,24)25/h2-8,10-12H,9,13H2,1H3,(H,27,28). The van der Waals surface area contributed by atoms with Gasteiger partial charge in [-0.25, -0.2) is 0 Å². The van der Waals surface area contributed by atoms with Crippen LogP contribution in [0.15, 0.2) is 60.7 Å². The number of rotatable bonds is 7. The molecule has 0 amide bonds. The first kappa shape index (κ1) is 21.2. The van der Waals surface area contributed by atoms with Gasteiger partial charge in [-0.3, -0.25) is 9.59 Å².